The van der Waals surface area contributed by atoms with Crippen molar-refractivity contribution in [2.45, 2.75) is 77.4 Å². The fraction of sp³-hybridized carbons (Fsp3) is 0.457. The fourth-order valence-corrected chi connectivity index (χ4v) is 7.08. The average Bonchev–Trinajstić information content (AvgIpc) is 2.95. The first kappa shape index (κ1) is 31.4. The van der Waals surface area contributed by atoms with E-state index in [4.69, 9.17) is 0 Å². The van der Waals surface area contributed by atoms with Gasteiger partial charge in [-0.2, -0.15) is 13.2 Å². The molecule has 4 rings (SSSR count). The summed E-state index contributed by atoms with van der Waals surface area (Å²) in [6, 6.07) is 22.0. The highest BCUT2D eigenvalue weighted by atomic mass is 31.2. The van der Waals surface area contributed by atoms with Crippen LogP contribution in [0.1, 0.15) is 72.1 Å². The van der Waals surface area contributed by atoms with Gasteiger partial charge in [-0.25, -0.2) is 0 Å². The number of aryl methyl sites for hydroxylation is 2. The van der Waals surface area contributed by atoms with E-state index in [9.17, 15) is 13.2 Å². The molecule has 2 atom stereocenters. The average molecular weight is 583 g/mol. The minimum absolute atomic E-state index is 0.0118. The van der Waals surface area contributed by atoms with Crippen molar-refractivity contribution < 1.29 is 13.2 Å². The standard InChI is InChI=1S/C35H46F3N2P/c1-6-26-14-18-33(34(22-26)40(8-3)24-28-11-9-27(10-12-28)19-20-39-7-2)32-17-16-30-21-29(13-15-31(30)23-32)25-41(4,5)35(36,37)38/h9-15,18,21-22,32,39H,4,6-8,16-17,19-20,23-25H2,1-3,5H3/t32-,41?/m1/s1. The first-order valence-corrected chi connectivity index (χ1v) is 17.7. The third-order valence-corrected chi connectivity index (χ3v) is 10.8. The quantitative estimate of drug-likeness (QED) is 0.170. The zero-order chi connectivity index (χ0) is 29.6. The molecule has 1 aliphatic carbocycles. The molecule has 0 radical (unpaired) electrons. The second-order valence-corrected chi connectivity index (χ2v) is 15.4. The van der Waals surface area contributed by atoms with Crippen LogP contribution in [0.25, 0.3) is 0 Å². The molecular formula is C35H46F3N2P. The summed E-state index contributed by atoms with van der Waals surface area (Å²) in [5.74, 6) is -3.83. The SMILES string of the molecule is C=P(C)(Cc1ccc2c(c1)CC[C@@H](c1ccc(CC)cc1N(CC)Cc1ccc(CCNCC)cc1)C2)C(F)(F)F. The summed E-state index contributed by atoms with van der Waals surface area (Å²) < 4.78 is 40.4. The molecule has 0 aromatic heterocycles. The monoisotopic (exact) mass is 582 g/mol. The number of fused-ring (bicyclic) bond motifs is 1. The third-order valence-electron chi connectivity index (χ3n) is 8.54. The Morgan fingerprint density at radius 1 is 0.902 bits per heavy atom. The van der Waals surface area contributed by atoms with Crippen molar-refractivity contribution in [3.05, 3.63) is 99.6 Å². The Bertz CT molecular complexity index is 1350. The van der Waals surface area contributed by atoms with E-state index >= 15 is 0 Å². The zero-order valence-corrected chi connectivity index (χ0v) is 26.1. The molecule has 0 saturated carbocycles. The number of nitrogens with one attached hydrogen (secondary N) is 1. The molecule has 1 aliphatic rings. The molecule has 0 fully saturated rings. The van der Waals surface area contributed by atoms with Gasteiger partial charge in [0.15, 0.2) is 0 Å². The van der Waals surface area contributed by atoms with Crippen LogP contribution in [0.3, 0.4) is 0 Å². The molecule has 6 heteroatoms. The Hall–Kier alpha value is -2.49. The van der Waals surface area contributed by atoms with E-state index in [1.165, 1.54) is 45.7 Å². The minimum atomic E-state index is -4.21. The van der Waals surface area contributed by atoms with Crippen molar-refractivity contribution in [1.82, 2.24) is 5.32 Å². The van der Waals surface area contributed by atoms with Crippen LogP contribution >= 0.6 is 6.89 Å². The zero-order valence-electron chi connectivity index (χ0n) is 25.2. The van der Waals surface area contributed by atoms with Gasteiger partial charge in [-0.3, -0.25) is 0 Å². The van der Waals surface area contributed by atoms with Gasteiger partial charge >= 0.3 is 5.92 Å². The van der Waals surface area contributed by atoms with Gasteiger partial charge in [0.1, 0.15) is 0 Å². The second kappa shape index (κ2) is 13.7. The maximum absolute atomic E-state index is 13.5. The minimum Gasteiger partial charge on any atom is -0.367 e. The van der Waals surface area contributed by atoms with E-state index in [1.807, 2.05) is 12.1 Å². The molecule has 2 nitrogen and oxygen atoms in total. The summed E-state index contributed by atoms with van der Waals surface area (Å²) in [7, 11) is 0. The lowest BCUT2D eigenvalue weighted by molar-refractivity contribution is -0.0408. The van der Waals surface area contributed by atoms with Gasteiger partial charge in [0.2, 0.25) is 0 Å². The van der Waals surface area contributed by atoms with Crippen molar-refractivity contribution in [3.8, 4) is 0 Å². The van der Waals surface area contributed by atoms with E-state index in [0.717, 1.165) is 63.8 Å². The molecule has 222 valence electrons. The van der Waals surface area contributed by atoms with E-state index in [1.54, 1.807) is 0 Å². The Morgan fingerprint density at radius 2 is 1.59 bits per heavy atom. The van der Waals surface area contributed by atoms with Gasteiger partial charge in [-0.15, -0.1) is 0 Å². The molecule has 0 saturated heterocycles. The van der Waals surface area contributed by atoms with E-state index in [2.05, 4.69) is 85.8 Å². The maximum atomic E-state index is 13.5. The summed E-state index contributed by atoms with van der Waals surface area (Å²) in [6.45, 7) is 8.36. The first-order chi connectivity index (χ1) is 19.5. The number of alkyl halides is 3. The highest BCUT2D eigenvalue weighted by Crippen LogP contribution is 2.59. The largest absolute Gasteiger partial charge is 0.404 e. The van der Waals surface area contributed by atoms with Crippen molar-refractivity contribution >= 4 is 18.9 Å². The van der Waals surface area contributed by atoms with Crippen molar-refractivity contribution in [3.63, 3.8) is 0 Å². The van der Waals surface area contributed by atoms with Crippen molar-refractivity contribution in [2.75, 3.05) is 31.2 Å². The van der Waals surface area contributed by atoms with Crippen LogP contribution in [-0.2, 0) is 38.4 Å². The van der Waals surface area contributed by atoms with Gasteiger partial charge in [-0.1, -0.05) is 74.7 Å². The van der Waals surface area contributed by atoms with Crippen LogP contribution in [0.2, 0.25) is 0 Å². The second-order valence-electron chi connectivity index (χ2n) is 11.7. The van der Waals surface area contributed by atoms with E-state index in [-0.39, 0.29) is 6.16 Å². The third kappa shape index (κ3) is 7.87. The predicted molar refractivity (Wildman–Crippen MR) is 172 cm³/mol. The summed E-state index contributed by atoms with van der Waals surface area (Å²) in [5, 5.41) is 3.39. The number of nitrogens with zero attached hydrogens (tertiary/aromatic N) is 1. The number of benzene rings is 3. The summed E-state index contributed by atoms with van der Waals surface area (Å²) in [6.07, 6.45) is 8.43. The number of hydrogen-bond acceptors (Lipinski definition) is 2. The van der Waals surface area contributed by atoms with E-state index in [0.29, 0.717) is 5.92 Å². The van der Waals surface area contributed by atoms with Crippen molar-refractivity contribution in [2.24, 2.45) is 0 Å². The molecule has 0 aliphatic heterocycles. The molecule has 3 aromatic rings. The summed E-state index contributed by atoms with van der Waals surface area (Å²) >= 11 is 0. The first-order valence-electron chi connectivity index (χ1n) is 15.1. The van der Waals surface area contributed by atoms with Crippen LogP contribution in [0.5, 0.6) is 0 Å². The molecule has 0 spiro atoms. The molecule has 0 heterocycles. The Balaban J connectivity index is 1.54. The molecule has 1 unspecified atom stereocenters. The van der Waals surface area contributed by atoms with Gasteiger partial charge in [-0.05, 0) is 117 Å². The molecular weight excluding hydrogens is 536 g/mol. The fourth-order valence-electron chi connectivity index (χ4n) is 5.90. The Morgan fingerprint density at radius 3 is 2.24 bits per heavy atom. The van der Waals surface area contributed by atoms with Crippen LogP contribution in [0.15, 0.2) is 60.7 Å². The van der Waals surface area contributed by atoms with Gasteiger partial charge in [0.25, 0.3) is 0 Å². The molecule has 3 aromatic carbocycles. The number of anilines is 1. The molecule has 0 bridgehead atoms. The Kier molecular flexibility index (Phi) is 10.5. The lowest BCUT2D eigenvalue weighted by Crippen LogP contribution is -2.25. The smallest absolute Gasteiger partial charge is 0.367 e. The molecule has 41 heavy (non-hydrogen) atoms. The number of hydrogen-bond donors (Lipinski definition) is 1. The van der Waals surface area contributed by atoms with Crippen LogP contribution in [0, 0.1) is 0 Å². The highest BCUT2D eigenvalue weighted by Gasteiger charge is 2.40. The molecule has 1 N–H and O–H groups in total. The van der Waals surface area contributed by atoms with Crippen LogP contribution < -0.4 is 10.2 Å². The normalized spacial score (nSPS) is 16.7. The number of rotatable bonds is 12. The number of likely N-dealkylation sites (N-methyl/N-ethyl adjacent to an activating group) is 1. The van der Waals surface area contributed by atoms with Crippen LogP contribution in [-0.4, -0.2) is 38.5 Å². The van der Waals surface area contributed by atoms with E-state index < -0.39 is 12.8 Å². The summed E-state index contributed by atoms with van der Waals surface area (Å²) in [5.41, 5.74) is 9.94. The lowest BCUT2D eigenvalue weighted by atomic mass is 9.79. The summed E-state index contributed by atoms with van der Waals surface area (Å²) in [4.78, 5) is 2.50. The Labute approximate surface area is 245 Å². The predicted octanol–water partition coefficient (Wildman–Crippen LogP) is 8.80. The highest BCUT2D eigenvalue weighted by molar-refractivity contribution is 7.73. The lowest BCUT2D eigenvalue weighted by Gasteiger charge is -2.32. The molecule has 0 amide bonds. The van der Waals surface area contributed by atoms with Gasteiger partial charge < -0.3 is 10.2 Å². The van der Waals surface area contributed by atoms with Gasteiger partial charge in [0, 0.05) is 24.9 Å². The van der Waals surface area contributed by atoms with Crippen molar-refractivity contribution in [1.29, 1.82) is 0 Å². The maximum Gasteiger partial charge on any atom is 0.404 e. The van der Waals surface area contributed by atoms with Crippen LogP contribution in [0.4, 0.5) is 18.9 Å². The topological polar surface area (TPSA) is 15.3 Å². The number of halogens is 3. The van der Waals surface area contributed by atoms with Gasteiger partial charge in [0.05, 0.1) is 0 Å².